The Kier molecular flexibility index (Phi) is 5.35. The summed E-state index contributed by atoms with van der Waals surface area (Å²) in [4.78, 5) is 10.5. The van der Waals surface area contributed by atoms with Gasteiger partial charge in [-0.1, -0.05) is 42.1 Å². The summed E-state index contributed by atoms with van der Waals surface area (Å²) < 4.78 is 15.0. The fraction of sp³-hybridized carbons (Fsp3) is 0.0476. The molecule has 29 heavy (non-hydrogen) atoms. The van der Waals surface area contributed by atoms with Crippen molar-refractivity contribution in [3.63, 3.8) is 0 Å². The van der Waals surface area contributed by atoms with Gasteiger partial charge < -0.3 is 0 Å². The summed E-state index contributed by atoms with van der Waals surface area (Å²) in [5.41, 5.74) is 2.59. The summed E-state index contributed by atoms with van der Waals surface area (Å²) in [6.45, 7) is 0. The molecule has 8 heteroatoms. The minimum Gasteiger partial charge on any atom is -0.270 e. The molecule has 0 aliphatic carbocycles. The fourth-order valence-corrected chi connectivity index (χ4v) is 3.73. The van der Waals surface area contributed by atoms with Crippen molar-refractivity contribution in [2.75, 3.05) is 0 Å². The van der Waals surface area contributed by atoms with E-state index in [4.69, 9.17) is 0 Å². The Hall–Kier alpha value is -3.52. The highest BCUT2D eigenvalue weighted by atomic mass is 32.2. The number of thioether (sulfide) groups is 1. The van der Waals surface area contributed by atoms with Gasteiger partial charge in [-0.05, 0) is 42.0 Å². The lowest BCUT2D eigenvalue weighted by atomic mass is 10.2. The van der Waals surface area contributed by atoms with Gasteiger partial charge in [-0.3, -0.25) is 14.7 Å². The van der Waals surface area contributed by atoms with Crippen molar-refractivity contribution in [1.82, 2.24) is 14.8 Å². The van der Waals surface area contributed by atoms with Gasteiger partial charge in [0.05, 0.1) is 4.92 Å². The molecule has 0 N–H and O–H groups in total. The van der Waals surface area contributed by atoms with Crippen LogP contribution in [0.15, 0.2) is 84.0 Å². The monoisotopic (exact) mass is 406 g/mol. The number of rotatable bonds is 6. The second kappa shape index (κ2) is 8.24. The van der Waals surface area contributed by atoms with Crippen LogP contribution in [0.1, 0.15) is 5.56 Å². The van der Waals surface area contributed by atoms with Crippen molar-refractivity contribution in [2.45, 2.75) is 10.9 Å². The molecule has 0 bridgehead atoms. The molecule has 1 heterocycles. The summed E-state index contributed by atoms with van der Waals surface area (Å²) >= 11 is 1.48. The second-order valence-corrected chi connectivity index (χ2v) is 7.14. The van der Waals surface area contributed by atoms with Crippen LogP contribution in [0.4, 0.5) is 10.1 Å². The molecule has 6 nitrogen and oxygen atoms in total. The predicted octanol–water partition coefficient (Wildman–Crippen LogP) is 5.27. The number of hydrogen-bond acceptors (Lipinski definition) is 5. The van der Waals surface area contributed by atoms with Gasteiger partial charge in [-0.25, -0.2) is 4.39 Å². The van der Waals surface area contributed by atoms with Gasteiger partial charge in [0.15, 0.2) is 11.0 Å². The molecule has 0 saturated carbocycles. The third-order valence-corrected chi connectivity index (χ3v) is 5.27. The van der Waals surface area contributed by atoms with Gasteiger partial charge in [0.1, 0.15) is 5.82 Å². The predicted molar refractivity (Wildman–Crippen MR) is 109 cm³/mol. The maximum absolute atomic E-state index is 13.1. The van der Waals surface area contributed by atoms with Crippen LogP contribution in [0, 0.1) is 15.9 Å². The molecule has 0 unspecified atom stereocenters. The van der Waals surface area contributed by atoms with E-state index in [1.165, 1.54) is 36.0 Å². The molecule has 0 aliphatic heterocycles. The number of nitro groups is 1. The topological polar surface area (TPSA) is 73.8 Å². The van der Waals surface area contributed by atoms with Gasteiger partial charge in [-0.15, -0.1) is 10.2 Å². The highest BCUT2D eigenvalue weighted by molar-refractivity contribution is 7.98. The molecule has 1 aromatic heterocycles. The maximum atomic E-state index is 13.1. The average molecular weight is 406 g/mol. The molecule has 0 spiro atoms. The minimum atomic E-state index is -0.435. The number of nitro benzene ring substituents is 1. The van der Waals surface area contributed by atoms with Crippen LogP contribution in [0.25, 0.3) is 17.1 Å². The first kappa shape index (κ1) is 18.8. The molecule has 3 aromatic carbocycles. The molecule has 4 rings (SSSR count). The Morgan fingerprint density at radius 2 is 1.62 bits per heavy atom. The van der Waals surface area contributed by atoms with E-state index in [1.54, 1.807) is 24.3 Å². The number of non-ortho nitro benzene ring substituents is 1. The molecule has 144 valence electrons. The first-order valence-electron chi connectivity index (χ1n) is 8.75. The normalized spacial score (nSPS) is 10.8. The van der Waals surface area contributed by atoms with E-state index < -0.39 is 4.92 Å². The van der Waals surface area contributed by atoms with E-state index in [0.29, 0.717) is 16.7 Å². The molecule has 0 saturated heterocycles. The molecule has 4 aromatic rings. The maximum Gasteiger partial charge on any atom is 0.269 e. The van der Waals surface area contributed by atoms with Crippen molar-refractivity contribution in [3.05, 3.63) is 100 Å². The van der Waals surface area contributed by atoms with Crippen molar-refractivity contribution in [1.29, 1.82) is 0 Å². The highest BCUT2D eigenvalue weighted by Gasteiger charge is 2.17. The number of halogens is 1. The van der Waals surface area contributed by atoms with Gasteiger partial charge in [0.25, 0.3) is 5.69 Å². The standard InChI is InChI=1S/C21H15FN4O2S/c22-17-10-6-15(7-11-17)14-29-21-24-23-20(25(21)18-4-2-1-3-5-18)16-8-12-19(13-9-16)26(27)28/h1-13H,14H2. The van der Waals surface area contributed by atoms with Gasteiger partial charge in [0.2, 0.25) is 0 Å². The molecule has 0 radical (unpaired) electrons. The SMILES string of the molecule is O=[N+]([O-])c1ccc(-c2nnc(SCc3ccc(F)cc3)n2-c2ccccc2)cc1. The van der Waals surface area contributed by atoms with Gasteiger partial charge >= 0.3 is 0 Å². The van der Waals surface area contributed by atoms with E-state index in [2.05, 4.69) is 10.2 Å². The molecule has 0 amide bonds. The Balaban J connectivity index is 1.70. The number of nitrogens with zero attached hydrogens (tertiary/aromatic N) is 4. The summed E-state index contributed by atoms with van der Waals surface area (Å²) in [7, 11) is 0. The van der Waals surface area contributed by atoms with E-state index in [0.717, 1.165) is 16.8 Å². The first-order valence-corrected chi connectivity index (χ1v) is 9.73. The zero-order chi connectivity index (χ0) is 20.2. The summed E-state index contributed by atoms with van der Waals surface area (Å²) in [6, 6.07) is 22.2. The fourth-order valence-electron chi connectivity index (χ4n) is 2.82. The number of aromatic nitrogens is 3. The third-order valence-electron chi connectivity index (χ3n) is 4.27. The largest absolute Gasteiger partial charge is 0.270 e. The van der Waals surface area contributed by atoms with Crippen LogP contribution in [0.2, 0.25) is 0 Å². The Labute approximate surface area is 170 Å². The van der Waals surface area contributed by atoms with E-state index in [1.807, 2.05) is 34.9 Å². The van der Waals surface area contributed by atoms with Crippen molar-refractivity contribution in [3.8, 4) is 17.1 Å². The summed E-state index contributed by atoms with van der Waals surface area (Å²) in [5.74, 6) is 0.922. The lowest BCUT2D eigenvalue weighted by molar-refractivity contribution is -0.384. The Morgan fingerprint density at radius 1 is 0.931 bits per heavy atom. The average Bonchev–Trinajstić information content (AvgIpc) is 3.18. The van der Waals surface area contributed by atoms with Crippen molar-refractivity contribution in [2.24, 2.45) is 0 Å². The zero-order valence-corrected chi connectivity index (χ0v) is 15.9. The van der Waals surface area contributed by atoms with Crippen LogP contribution in [-0.2, 0) is 5.75 Å². The van der Waals surface area contributed by atoms with Crippen molar-refractivity contribution >= 4 is 17.4 Å². The summed E-state index contributed by atoms with van der Waals surface area (Å²) in [5, 5.41) is 20.3. The molecular formula is C21H15FN4O2S. The molecule has 0 atom stereocenters. The second-order valence-electron chi connectivity index (χ2n) is 6.20. The minimum absolute atomic E-state index is 0.0189. The van der Waals surface area contributed by atoms with E-state index in [-0.39, 0.29) is 11.5 Å². The number of hydrogen-bond donors (Lipinski definition) is 0. The lowest BCUT2D eigenvalue weighted by Crippen LogP contribution is -1.99. The Bertz CT molecular complexity index is 1130. The third kappa shape index (κ3) is 4.17. The quantitative estimate of drug-likeness (QED) is 0.248. The Morgan fingerprint density at radius 3 is 2.28 bits per heavy atom. The zero-order valence-electron chi connectivity index (χ0n) is 15.1. The number of para-hydroxylation sites is 1. The van der Waals surface area contributed by atoms with Crippen LogP contribution in [0.3, 0.4) is 0 Å². The van der Waals surface area contributed by atoms with Crippen LogP contribution >= 0.6 is 11.8 Å². The van der Waals surface area contributed by atoms with Gasteiger partial charge in [-0.2, -0.15) is 0 Å². The molecular weight excluding hydrogens is 391 g/mol. The van der Waals surface area contributed by atoms with Crippen LogP contribution in [0.5, 0.6) is 0 Å². The summed E-state index contributed by atoms with van der Waals surface area (Å²) in [6.07, 6.45) is 0. The first-order chi connectivity index (χ1) is 14.1. The molecule has 0 fully saturated rings. The molecule has 0 aliphatic rings. The van der Waals surface area contributed by atoms with Crippen LogP contribution < -0.4 is 0 Å². The van der Waals surface area contributed by atoms with Gasteiger partial charge in [0, 0.05) is 29.1 Å². The lowest BCUT2D eigenvalue weighted by Gasteiger charge is -2.10. The smallest absolute Gasteiger partial charge is 0.269 e. The van der Waals surface area contributed by atoms with Crippen LogP contribution in [-0.4, -0.2) is 19.7 Å². The van der Waals surface area contributed by atoms with E-state index in [9.17, 15) is 14.5 Å². The highest BCUT2D eigenvalue weighted by Crippen LogP contribution is 2.30. The van der Waals surface area contributed by atoms with Crippen molar-refractivity contribution < 1.29 is 9.31 Å². The number of benzene rings is 3. The van der Waals surface area contributed by atoms with E-state index >= 15 is 0 Å².